The minimum Gasteiger partial charge on any atom is -0.358 e. The second-order valence-corrected chi connectivity index (χ2v) is 5.47. The second kappa shape index (κ2) is 6.75. The Hall–Kier alpha value is -1.55. The molecule has 20 heavy (non-hydrogen) atoms. The lowest BCUT2D eigenvalue weighted by Gasteiger charge is -2.36. The molecule has 1 unspecified atom stereocenters. The van der Waals surface area contributed by atoms with Crippen LogP contribution in [0.3, 0.4) is 0 Å². The molecule has 1 atom stereocenters. The molecule has 110 valence electrons. The summed E-state index contributed by atoms with van der Waals surface area (Å²) in [4.78, 5) is 14.1. The van der Waals surface area contributed by atoms with Gasteiger partial charge in [0.15, 0.2) is 0 Å². The SMILES string of the molecule is CCCNCc1cc(C)ccc1N1CCNC(=O)C1C. The van der Waals surface area contributed by atoms with Gasteiger partial charge in [-0.05, 0) is 38.4 Å². The Morgan fingerprint density at radius 3 is 3.00 bits per heavy atom. The monoisotopic (exact) mass is 275 g/mol. The normalized spacial score (nSPS) is 19.1. The van der Waals surface area contributed by atoms with Crippen molar-refractivity contribution in [3.8, 4) is 0 Å². The Morgan fingerprint density at radius 2 is 2.25 bits per heavy atom. The van der Waals surface area contributed by atoms with Gasteiger partial charge in [0, 0.05) is 25.3 Å². The van der Waals surface area contributed by atoms with E-state index in [2.05, 4.69) is 47.6 Å². The number of hydrogen-bond donors (Lipinski definition) is 2. The molecule has 0 saturated carbocycles. The minimum absolute atomic E-state index is 0.101. The zero-order chi connectivity index (χ0) is 14.5. The topological polar surface area (TPSA) is 44.4 Å². The van der Waals surface area contributed by atoms with Gasteiger partial charge in [0.05, 0.1) is 0 Å². The number of hydrogen-bond acceptors (Lipinski definition) is 3. The molecule has 2 N–H and O–H groups in total. The van der Waals surface area contributed by atoms with Gasteiger partial charge >= 0.3 is 0 Å². The molecule has 1 aromatic carbocycles. The Kier molecular flexibility index (Phi) is 5.01. The van der Waals surface area contributed by atoms with Gasteiger partial charge in [0.25, 0.3) is 0 Å². The van der Waals surface area contributed by atoms with Crippen LogP contribution < -0.4 is 15.5 Å². The van der Waals surface area contributed by atoms with E-state index >= 15 is 0 Å². The van der Waals surface area contributed by atoms with E-state index < -0.39 is 0 Å². The Balaban J connectivity index is 2.22. The van der Waals surface area contributed by atoms with Crippen molar-refractivity contribution in [1.82, 2.24) is 10.6 Å². The lowest BCUT2D eigenvalue weighted by Crippen LogP contribution is -2.54. The van der Waals surface area contributed by atoms with Crippen molar-refractivity contribution in [2.75, 3.05) is 24.5 Å². The molecule has 1 saturated heterocycles. The van der Waals surface area contributed by atoms with E-state index in [0.717, 1.165) is 32.6 Å². The summed E-state index contributed by atoms with van der Waals surface area (Å²) >= 11 is 0. The number of aryl methyl sites for hydroxylation is 1. The van der Waals surface area contributed by atoms with Gasteiger partial charge in [-0.2, -0.15) is 0 Å². The van der Waals surface area contributed by atoms with Crippen molar-refractivity contribution in [3.05, 3.63) is 29.3 Å². The van der Waals surface area contributed by atoms with Gasteiger partial charge in [-0.1, -0.05) is 24.6 Å². The van der Waals surface area contributed by atoms with Crippen LogP contribution in [0.15, 0.2) is 18.2 Å². The molecule has 0 radical (unpaired) electrons. The Bertz CT molecular complexity index is 473. The Morgan fingerprint density at radius 1 is 1.45 bits per heavy atom. The summed E-state index contributed by atoms with van der Waals surface area (Å²) in [7, 11) is 0. The van der Waals surface area contributed by atoms with E-state index in [4.69, 9.17) is 0 Å². The van der Waals surface area contributed by atoms with Crippen molar-refractivity contribution >= 4 is 11.6 Å². The van der Waals surface area contributed by atoms with Crippen molar-refractivity contribution in [2.45, 2.75) is 39.8 Å². The summed E-state index contributed by atoms with van der Waals surface area (Å²) in [5, 5.41) is 6.38. The fourth-order valence-electron chi connectivity index (χ4n) is 2.65. The quantitative estimate of drug-likeness (QED) is 0.806. The minimum atomic E-state index is -0.101. The molecule has 0 aliphatic carbocycles. The molecular weight excluding hydrogens is 250 g/mol. The van der Waals surface area contributed by atoms with E-state index in [0.29, 0.717) is 0 Å². The zero-order valence-electron chi connectivity index (χ0n) is 12.7. The van der Waals surface area contributed by atoms with Gasteiger partial charge in [0.1, 0.15) is 6.04 Å². The molecule has 1 aliphatic rings. The van der Waals surface area contributed by atoms with Crippen LogP contribution in [0.25, 0.3) is 0 Å². The van der Waals surface area contributed by atoms with Crippen LogP contribution in [0.1, 0.15) is 31.4 Å². The van der Waals surface area contributed by atoms with Gasteiger partial charge in [-0.3, -0.25) is 4.79 Å². The van der Waals surface area contributed by atoms with E-state index in [1.807, 2.05) is 6.92 Å². The lowest BCUT2D eigenvalue weighted by molar-refractivity contribution is -0.122. The van der Waals surface area contributed by atoms with Crippen molar-refractivity contribution < 1.29 is 4.79 Å². The van der Waals surface area contributed by atoms with Crippen LogP contribution in [0.2, 0.25) is 0 Å². The van der Waals surface area contributed by atoms with E-state index in [1.54, 1.807) is 0 Å². The maximum absolute atomic E-state index is 11.8. The summed E-state index contributed by atoms with van der Waals surface area (Å²) < 4.78 is 0. The van der Waals surface area contributed by atoms with Crippen LogP contribution in [-0.4, -0.2) is 31.6 Å². The third kappa shape index (κ3) is 3.31. The van der Waals surface area contributed by atoms with Gasteiger partial charge in [0.2, 0.25) is 5.91 Å². The number of carbonyl (C=O) groups excluding carboxylic acids is 1. The Labute approximate surface area is 121 Å². The molecule has 1 amide bonds. The van der Waals surface area contributed by atoms with Gasteiger partial charge in [-0.15, -0.1) is 0 Å². The molecule has 4 nitrogen and oxygen atoms in total. The number of benzene rings is 1. The highest BCUT2D eigenvalue weighted by atomic mass is 16.2. The predicted molar refractivity (Wildman–Crippen MR) is 83.0 cm³/mol. The summed E-state index contributed by atoms with van der Waals surface area (Å²) in [6.45, 7) is 9.72. The van der Waals surface area contributed by atoms with Crippen LogP contribution >= 0.6 is 0 Å². The molecule has 1 aromatic rings. The first kappa shape index (κ1) is 14.9. The third-order valence-electron chi connectivity index (χ3n) is 3.79. The summed E-state index contributed by atoms with van der Waals surface area (Å²) in [6.07, 6.45) is 1.13. The number of nitrogens with one attached hydrogen (secondary N) is 2. The average molecular weight is 275 g/mol. The van der Waals surface area contributed by atoms with Crippen molar-refractivity contribution in [2.24, 2.45) is 0 Å². The highest BCUT2D eigenvalue weighted by molar-refractivity contribution is 5.86. The predicted octanol–water partition coefficient (Wildman–Crippen LogP) is 1.82. The number of carbonyl (C=O) groups is 1. The summed E-state index contributed by atoms with van der Waals surface area (Å²) in [6, 6.07) is 6.39. The molecule has 4 heteroatoms. The zero-order valence-corrected chi connectivity index (χ0v) is 12.7. The fraction of sp³-hybridized carbons (Fsp3) is 0.562. The largest absolute Gasteiger partial charge is 0.358 e. The first-order valence-corrected chi connectivity index (χ1v) is 7.48. The molecule has 1 aliphatic heterocycles. The highest BCUT2D eigenvalue weighted by Gasteiger charge is 2.26. The summed E-state index contributed by atoms with van der Waals surface area (Å²) in [5.41, 5.74) is 3.72. The van der Waals surface area contributed by atoms with Crippen molar-refractivity contribution in [3.63, 3.8) is 0 Å². The van der Waals surface area contributed by atoms with Crippen LogP contribution in [-0.2, 0) is 11.3 Å². The van der Waals surface area contributed by atoms with Crippen LogP contribution in [0.4, 0.5) is 5.69 Å². The number of rotatable bonds is 5. The number of amides is 1. The maximum atomic E-state index is 11.8. The fourth-order valence-corrected chi connectivity index (χ4v) is 2.65. The van der Waals surface area contributed by atoms with Gasteiger partial charge in [-0.25, -0.2) is 0 Å². The van der Waals surface area contributed by atoms with E-state index in [-0.39, 0.29) is 11.9 Å². The number of nitrogens with zero attached hydrogens (tertiary/aromatic N) is 1. The third-order valence-corrected chi connectivity index (χ3v) is 3.79. The standard InChI is InChI=1S/C16H25N3O/c1-4-7-17-11-14-10-12(2)5-6-15(14)19-9-8-18-16(20)13(19)3/h5-6,10,13,17H,4,7-9,11H2,1-3H3,(H,18,20). The van der Waals surface area contributed by atoms with Gasteiger partial charge < -0.3 is 15.5 Å². The molecule has 1 fully saturated rings. The molecular formula is C16H25N3O. The maximum Gasteiger partial charge on any atom is 0.242 e. The molecule has 0 aromatic heterocycles. The number of piperazine rings is 1. The molecule has 1 heterocycles. The number of anilines is 1. The first-order chi connectivity index (χ1) is 9.63. The molecule has 0 spiro atoms. The molecule has 2 rings (SSSR count). The van der Waals surface area contributed by atoms with E-state index in [1.165, 1.54) is 16.8 Å². The molecule has 0 bridgehead atoms. The van der Waals surface area contributed by atoms with Crippen LogP contribution in [0.5, 0.6) is 0 Å². The smallest absolute Gasteiger partial charge is 0.242 e. The summed E-state index contributed by atoms with van der Waals surface area (Å²) in [5.74, 6) is 0.115. The van der Waals surface area contributed by atoms with E-state index in [9.17, 15) is 4.79 Å². The highest BCUT2D eigenvalue weighted by Crippen LogP contribution is 2.25. The first-order valence-electron chi connectivity index (χ1n) is 7.48. The average Bonchev–Trinajstić information content (AvgIpc) is 2.43. The van der Waals surface area contributed by atoms with Crippen LogP contribution in [0, 0.1) is 6.92 Å². The second-order valence-electron chi connectivity index (χ2n) is 5.47. The lowest BCUT2D eigenvalue weighted by atomic mass is 10.1. The van der Waals surface area contributed by atoms with Crippen molar-refractivity contribution in [1.29, 1.82) is 0 Å².